The molecule has 0 saturated heterocycles. The molecule has 8 heteroatoms. The molecule has 3 heterocycles. The summed E-state index contributed by atoms with van der Waals surface area (Å²) in [5.74, 6) is -1.10. The summed E-state index contributed by atoms with van der Waals surface area (Å²) in [5, 5.41) is 13.9. The molecule has 0 radical (unpaired) electrons. The number of rotatable bonds is 6. The minimum absolute atomic E-state index is 0.0116. The van der Waals surface area contributed by atoms with E-state index in [1.54, 1.807) is 37.4 Å². The third-order valence-corrected chi connectivity index (χ3v) is 6.76. The van der Waals surface area contributed by atoms with Gasteiger partial charge in [-0.1, -0.05) is 35.9 Å². The van der Waals surface area contributed by atoms with E-state index in [1.165, 1.54) is 16.2 Å². The lowest BCUT2D eigenvalue weighted by atomic mass is 10.00. The molecule has 33 heavy (non-hydrogen) atoms. The van der Waals surface area contributed by atoms with E-state index in [0.29, 0.717) is 21.7 Å². The molecule has 2 aromatic carbocycles. The molecule has 1 unspecified atom stereocenters. The van der Waals surface area contributed by atoms with Gasteiger partial charge in [0.15, 0.2) is 11.5 Å². The molecule has 1 atom stereocenters. The Bertz CT molecular complexity index is 1410. The Hall–Kier alpha value is -3.55. The van der Waals surface area contributed by atoms with Crippen LogP contribution in [0.5, 0.6) is 5.75 Å². The molecule has 2 aromatic heterocycles. The number of para-hydroxylation sites is 1. The Morgan fingerprint density at radius 2 is 2.00 bits per heavy atom. The van der Waals surface area contributed by atoms with Crippen LogP contribution in [-0.2, 0) is 11.3 Å². The zero-order chi connectivity index (χ0) is 23.1. The van der Waals surface area contributed by atoms with Crippen LogP contribution in [0.3, 0.4) is 0 Å². The molecule has 1 N–H and O–H groups in total. The van der Waals surface area contributed by atoms with Crippen LogP contribution >= 0.6 is 22.9 Å². The normalized spacial score (nSPS) is 16.1. The number of ether oxygens (including phenoxy) is 1. The Morgan fingerprint density at radius 1 is 1.18 bits per heavy atom. The van der Waals surface area contributed by atoms with Gasteiger partial charge in [0.1, 0.15) is 17.4 Å². The quantitative estimate of drug-likeness (QED) is 0.346. The van der Waals surface area contributed by atoms with Crippen molar-refractivity contribution in [2.24, 2.45) is 0 Å². The molecule has 0 fully saturated rings. The summed E-state index contributed by atoms with van der Waals surface area (Å²) < 4.78 is 11.2. The lowest BCUT2D eigenvalue weighted by Crippen LogP contribution is -2.30. The first-order chi connectivity index (χ1) is 16.0. The molecule has 6 nitrogen and oxygen atoms in total. The SMILES string of the molecule is COc1ccccc1CN1C(=O)C(O)=C(C(=O)c2cc3cc(Cl)ccc3o2)C1c1cccs1. The molecule has 5 rings (SSSR count). The van der Waals surface area contributed by atoms with Gasteiger partial charge in [-0.05, 0) is 41.8 Å². The molecule has 1 amide bonds. The summed E-state index contributed by atoms with van der Waals surface area (Å²) in [7, 11) is 1.56. The van der Waals surface area contributed by atoms with Crippen molar-refractivity contribution in [3.05, 3.63) is 98.6 Å². The summed E-state index contributed by atoms with van der Waals surface area (Å²) in [4.78, 5) is 28.9. The van der Waals surface area contributed by atoms with E-state index in [0.717, 1.165) is 10.4 Å². The fourth-order valence-corrected chi connectivity index (χ4v) is 5.09. The third-order valence-electron chi connectivity index (χ3n) is 5.60. The van der Waals surface area contributed by atoms with Gasteiger partial charge in [-0.3, -0.25) is 9.59 Å². The van der Waals surface area contributed by atoms with E-state index in [2.05, 4.69) is 0 Å². The van der Waals surface area contributed by atoms with E-state index >= 15 is 0 Å². The Labute approximate surface area is 198 Å². The number of Topliss-reactive ketones (excluding diaryl/α,β-unsaturated/α-hetero) is 1. The van der Waals surface area contributed by atoms with Gasteiger partial charge in [-0.15, -0.1) is 11.3 Å². The molecule has 1 aliphatic rings. The second-order valence-electron chi connectivity index (χ2n) is 7.55. The van der Waals surface area contributed by atoms with E-state index in [1.807, 2.05) is 35.7 Å². The van der Waals surface area contributed by atoms with Gasteiger partial charge in [-0.2, -0.15) is 0 Å². The number of fused-ring (bicyclic) bond motifs is 1. The topological polar surface area (TPSA) is 80.0 Å². The highest BCUT2D eigenvalue weighted by Crippen LogP contribution is 2.42. The predicted octanol–water partition coefficient (Wildman–Crippen LogP) is 5.93. The monoisotopic (exact) mass is 479 g/mol. The number of nitrogens with zero attached hydrogens (tertiary/aromatic N) is 1. The van der Waals surface area contributed by atoms with Crippen LogP contribution < -0.4 is 4.74 Å². The van der Waals surface area contributed by atoms with Crippen molar-refractivity contribution in [1.29, 1.82) is 0 Å². The van der Waals surface area contributed by atoms with Crippen LogP contribution in [0.25, 0.3) is 11.0 Å². The number of benzene rings is 2. The molecular formula is C25H18ClNO5S. The fraction of sp³-hybridized carbons (Fsp3) is 0.120. The number of aliphatic hydroxyl groups excluding tert-OH is 1. The van der Waals surface area contributed by atoms with Gasteiger partial charge in [-0.25, -0.2) is 0 Å². The van der Waals surface area contributed by atoms with Gasteiger partial charge in [0.25, 0.3) is 5.91 Å². The van der Waals surface area contributed by atoms with Gasteiger partial charge in [0.05, 0.1) is 19.2 Å². The number of carbonyl (C=O) groups excluding carboxylic acids is 2. The zero-order valence-electron chi connectivity index (χ0n) is 17.4. The number of furan rings is 1. The average Bonchev–Trinajstić information content (AvgIpc) is 3.54. The molecule has 0 aliphatic carbocycles. The van der Waals surface area contributed by atoms with Crippen molar-refractivity contribution < 1.29 is 23.8 Å². The Balaban J connectivity index is 1.58. The highest BCUT2D eigenvalue weighted by Gasteiger charge is 2.45. The fourth-order valence-electron chi connectivity index (χ4n) is 4.07. The summed E-state index contributed by atoms with van der Waals surface area (Å²) >= 11 is 7.45. The van der Waals surface area contributed by atoms with Crippen LogP contribution in [0.2, 0.25) is 5.02 Å². The predicted molar refractivity (Wildman–Crippen MR) is 126 cm³/mol. The number of carbonyl (C=O) groups is 2. The van der Waals surface area contributed by atoms with E-state index < -0.39 is 23.5 Å². The molecule has 0 bridgehead atoms. The number of ketones is 1. The first kappa shape index (κ1) is 21.3. The molecule has 4 aromatic rings. The minimum atomic E-state index is -0.758. The number of thiophene rings is 1. The van der Waals surface area contributed by atoms with Gasteiger partial charge < -0.3 is 19.2 Å². The summed E-state index contributed by atoms with van der Waals surface area (Å²) in [5.41, 5.74) is 1.24. The molecular weight excluding hydrogens is 462 g/mol. The zero-order valence-corrected chi connectivity index (χ0v) is 19.0. The molecule has 0 spiro atoms. The minimum Gasteiger partial charge on any atom is -0.503 e. The van der Waals surface area contributed by atoms with Crippen molar-refractivity contribution in [1.82, 2.24) is 4.90 Å². The lowest BCUT2D eigenvalue weighted by Gasteiger charge is -2.26. The largest absolute Gasteiger partial charge is 0.503 e. The lowest BCUT2D eigenvalue weighted by molar-refractivity contribution is -0.130. The summed E-state index contributed by atoms with van der Waals surface area (Å²) in [6.07, 6.45) is 0. The molecule has 166 valence electrons. The smallest absolute Gasteiger partial charge is 0.290 e. The second-order valence-corrected chi connectivity index (χ2v) is 8.96. The highest BCUT2D eigenvalue weighted by molar-refractivity contribution is 7.10. The number of halogens is 1. The van der Waals surface area contributed by atoms with Crippen LogP contribution in [0.1, 0.15) is 27.0 Å². The number of hydrogen-bond donors (Lipinski definition) is 1. The number of hydrogen-bond acceptors (Lipinski definition) is 6. The van der Waals surface area contributed by atoms with Crippen LogP contribution in [0, 0.1) is 0 Å². The first-order valence-corrected chi connectivity index (χ1v) is 11.4. The van der Waals surface area contributed by atoms with Crippen molar-refractivity contribution >= 4 is 45.6 Å². The maximum Gasteiger partial charge on any atom is 0.290 e. The second kappa shape index (κ2) is 8.42. The van der Waals surface area contributed by atoms with Crippen molar-refractivity contribution in [3.63, 3.8) is 0 Å². The standard InChI is InChI=1S/C25H18ClNO5S/c1-31-17-6-3-2-5-14(17)13-27-22(20-7-4-10-33-20)21(24(29)25(27)30)23(28)19-12-15-11-16(26)8-9-18(15)32-19/h2-12,22,29H,13H2,1H3. The van der Waals surface area contributed by atoms with Crippen molar-refractivity contribution in [3.8, 4) is 5.75 Å². The maximum absolute atomic E-state index is 13.5. The first-order valence-electron chi connectivity index (χ1n) is 10.1. The van der Waals surface area contributed by atoms with Crippen LogP contribution in [-0.4, -0.2) is 28.8 Å². The Morgan fingerprint density at radius 3 is 2.76 bits per heavy atom. The van der Waals surface area contributed by atoms with E-state index in [9.17, 15) is 14.7 Å². The van der Waals surface area contributed by atoms with Crippen molar-refractivity contribution in [2.45, 2.75) is 12.6 Å². The van der Waals surface area contributed by atoms with Crippen molar-refractivity contribution in [2.75, 3.05) is 7.11 Å². The maximum atomic E-state index is 13.5. The van der Waals surface area contributed by atoms with Crippen LogP contribution in [0.4, 0.5) is 0 Å². The third kappa shape index (κ3) is 3.69. The van der Waals surface area contributed by atoms with Crippen LogP contribution in [0.15, 0.2) is 81.8 Å². The van der Waals surface area contributed by atoms with E-state index in [-0.39, 0.29) is 17.9 Å². The van der Waals surface area contributed by atoms with Gasteiger partial charge in [0.2, 0.25) is 5.78 Å². The number of aliphatic hydroxyl groups is 1. The van der Waals surface area contributed by atoms with Gasteiger partial charge >= 0.3 is 0 Å². The van der Waals surface area contributed by atoms with E-state index in [4.69, 9.17) is 20.8 Å². The number of methoxy groups -OCH3 is 1. The Kier molecular flexibility index (Phi) is 5.44. The molecule has 0 saturated carbocycles. The average molecular weight is 480 g/mol. The van der Waals surface area contributed by atoms with Gasteiger partial charge in [0, 0.05) is 20.8 Å². The highest BCUT2D eigenvalue weighted by atomic mass is 35.5. The molecule has 1 aliphatic heterocycles. The summed E-state index contributed by atoms with van der Waals surface area (Å²) in [6.45, 7) is 0.155. The number of amides is 1. The summed E-state index contributed by atoms with van der Waals surface area (Å²) in [6, 6.07) is 16.8.